The molecule has 4 rings (SSSR count). The van der Waals surface area contributed by atoms with Gasteiger partial charge in [0.25, 0.3) is 5.91 Å². The molecule has 0 bridgehead atoms. The molecule has 0 aliphatic carbocycles. The van der Waals surface area contributed by atoms with E-state index in [9.17, 15) is 14.9 Å². The van der Waals surface area contributed by atoms with Gasteiger partial charge in [-0.1, -0.05) is 30.3 Å². The van der Waals surface area contributed by atoms with Crippen molar-refractivity contribution in [3.63, 3.8) is 0 Å². The first-order chi connectivity index (χ1) is 17.5. The topological polar surface area (TPSA) is 94.5 Å². The first kappa shape index (κ1) is 24.8. The van der Waals surface area contributed by atoms with Crippen LogP contribution in [0.25, 0.3) is 0 Å². The lowest BCUT2D eigenvalue weighted by molar-refractivity contribution is -0.116. The Morgan fingerprint density at radius 2 is 1.81 bits per heavy atom. The zero-order valence-electron chi connectivity index (χ0n) is 20.4. The Kier molecular flexibility index (Phi) is 8.20. The molecule has 1 heterocycles. The van der Waals surface area contributed by atoms with Crippen LogP contribution in [0.15, 0.2) is 72.8 Å². The van der Waals surface area contributed by atoms with Gasteiger partial charge in [0.1, 0.15) is 12.4 Å². The normalized spacial score (nSPS) is 13.5. The van der Waals surface area contributed by atoms with Crippen molar-refractivity contribution in [2.24, 2.45) is 0 Å². The third-order valence-corrected chi connectivity index (χ3v) is 6.10. The number of carbonyl (C=O) groups excluding carboxylic acids is 2. The average Bonchev–Trinajstić information content (AvgIpc) is 3.43. The van der Waals surface area contributed by atoms with E-state index in [1.807, 2.05) is 30.3 Å². The summed E-state index contributed by atoms with van der Waals surface area (Å²) in [5.74, 6) is 0.0856. The number of benzene rings is 3. The Morgan fingerprint density at radius 3 is 2.61 bits per heavy atom. The molecule has 1 saturated heterocycles. The van der Waals surface area contributed by atoms with Crippen LogP contribution >= 0.6 is 0 Å². The highest BCUT2D eigenvalue weighted by Crippen LogP contribution is 2.23. The van der Waals surface area contributed by atoms with Crippen LogP contribution in [0.4, 0.5) is 11.4 Å². The van der Waals surface area contributed by atoms with Gasteiger partial charge in [0.15, 0.2) is 0 Å². The Hall–Kier alpha value is -4.31. The number of ether oxygens (including phenoxy) is 1. The lowest BCUT2D eigenvalue weighted by atomic mass is 10.1. The predicted octanol–water partition coefficient (Wildman–Crippen LogP) is 4.88. The van der Waals surface area contributed by atoms with E-state index in [1.165, 1.54) is 12.8 Å². The highest BCUT2D eigenvalue weighted by atomic mass is 16.5. The smallest absolute Gasteiger partial charge is 0.251 e. The van der Waals surface area contributed by atoms with Crippen molar-refractivity contribution in [2.45, 2.75) is 38.8 Å². The summed E-state index contributed by atoms with van der Waals surface area (Å²) in [6.07, 6.45) is 2.54. The summed E-state index contributed by atoms with van der Waals surface area (Å²) in [6, 6.07) is 23.8. The predicted molar refractivity (Wildman–Crippen MR) is 140 cm³/mol. The maximum absolute atomic E-state index is 12.8. The molecule has 1 aliphatic rings. The largest absolute Gasteiger partial charge is 0.489 e. The molecule has 0 aromatic heterocycles. The molecule has 7 nitrogen and oxygen atoms in total. The van der Waals surface area contributed by atoms with Crippen LogP contribution in [0.3, 0.4) is 0 Å². The molecule has 3 aromatic carbocycles. The van der Waals surface area contributed by atoms with Gasteiger partial charge in [-0.3, -0.25) is 9.59 Å². The van der Waals surface area contributed by atoms with Crippen LogP contribution in [-0.4, -0.2) is 30.9 Å². The van der Waals surface area contributed by atoms with Crippen LogP contribution in [0.2, 0.25) is 0 Å². The Labute approximate surface area is 211 Å². The van der Waals surface area contributed by atoms with Crippen LogP contribution in [0.1, 0.15) is 47.7 Å². The Morgan fingerprint density at radius 1 is 1.03 bits per heavy atom. The standard InChI is InChI=1S/C29H30N4O3/c1-21(16-28(34)32-25-11-7-12-26(18-25)33-14-4-5-15-33)31-29(35)22-10-6-13-27(17-22)36-20-24-9-3-2-8-23(24)19-30/h2-3,6-13,17-18,21H,4-5,14-16,20H2,1H3,(H,31,35)(H,32,34). The van der Waals surface area contributed by atoms with Crippen LogP contribution in [0.5, 0.6) is 5.75 Å². The maximum atomic E-state index is 12.8. The molecule has 2 amide bonds. The number of nitriles is 1. The van der Waals surface area contributed by atoms with Crippen molar-refractivity contribution in [1.29, 1.82) is 5.26 Å². The first-order valence-electron chi connectivity index (χ1n) is 12.2. The second-order valence-electron chi connectivity index (χ2n) is 8.96. The molecule has 0 saturated carbocycles. The van der Waals surface area contributed by atoms with Gasteiger partial charge in [-0.2, -0.15) is 5.26 Å². The number of hydrogen-bond donors (Lipinski definition) is 2. The molecule has 7 heteroatoms. The zero-order valence-corrected chi connectivity index (χ0v) is 20.4. The van der Waals surface area contributed by atoms with Crippen LogP contribution in [-0.2, 0) is 11.4 Å². The van der Waals surface area contributed by atoms with E-state index in [1.54, 1.807) is 43.3 Å². The van der Waals surface area contributed by atoms with Crippen LogP contribution < -0.4 is 20.3 Å². The molecule has 184 valence electrons. The average molecular weight is 483 g/mol. The summed E-state index contributed by atoms with van der Waals surface area (Å²) < 4.78 is 5.81. The number of nitrogens with one attached hydrogen (secondary N) is 2. The molecule has 1 aliphatic heterocycles. The Balaban J connectivity index is 1.29. The zero-order chi connectivity index (χ0) is 25.3. The maximum Gasteiger partial charge on any atom is 0.251 e. The summed E-state index contributed by atoms with van der Waals surface area (Å²) in [7, 11) is 0. The van der Waals surface area contributed by atoms with E-state index < -0.39 is 0 Å². The van der Waals surface area contributed by atoms with Gasteiger partial charge in [-0.15, -0.1) is 0 Å². The molecule has 1 fully saturated rings. The van der Waals surface area contributed by atoms with Gasteiger partial charge in [-0.25, -0.2) is 0 Å². The lowest BCUT2D eigenvalue weighted by Crippen LogP contribution is -2.35. The fourth-order valence-electron chi connectivity index (χ4n) is 4.25. The number of nitrogens with zero attached hydrogens (tertiary/aromatic N) is 2. The molecule has 3 aromatic rings. The Bertz CT molecular complexity index is 1260. The van der Waals surface area contributed by atoms with E-state index in [4.69, 9.17) is 4.74 Å². The fraction of sp³-hybridized carbons (Fsp3) is 0.276. The van der Waals surface area contributed by atoms with Gasteiger partial charge in [-0.05, 0) is 62.2 Å². The minimum absolute atomic E-state index is 0.154. The third-order valence-electron chi connectivity index (χ3n) is 6.10. The minimum Gasteiger partial charge on any atom is -0.489 e. The number of hydrogen-bond acceptors (Lipinski definition) is 5. The highest BCUT2D eigenvalue weighted by molar-refractivity contribution is 5.96. The molecular weight excluding hydrogens is 452 g/mol. The van der Waals surface area contributed by atoms with Crippen molar-refractivity contribution < 1.29 is 14.3 Å². The van der Waals surface area contributed by atoms with E-state index in [2.05, 4.69) is 27.7 Å². The van der Waals surface area contributed by atoms with Gasteiger partial charge in [0.05, 0.1) is 11.6 Å². The molecule has 1 atom stereocenters. The highest BCUT2D eigenvalue weighted by Gasteiger charge is 2.16. The van der Waals surface area contributed by atoms with Gasteiger partial charge >= 0.3 is 0 Å². The van der Waals surface area contributed by atoms with E-state index in [-0.39, 0.29) is 30.9 Å². The quantitative estimate of drug-likeness (QED) is 0.453. The summed E-state index contributed by atoms with van der Waals surface area (Å²) in [5, 5.41) is 15.1. The summed E-state index contributed by atoms with van der Waals surface area (Å²) in [5.41, 5.74) is 3.64. The lowest BCUT2D eigenvalue weighted by Gasteiger charge is -2.19. The fourth-order valence-corrected chi connectivity index (χ4v) is 4.25. The van der Waals surface area contributed by atoms with Crippen molar-refractivity contribution in [2.75, 3.05) is 23.3 Å². The second-order valence-corrected chi connectivity index (χ2v) is 8.96. The first-order valence-corrected chi connectivity index (χ1v) is 12.2. The number of carbonyl (C=O) groups is 2. The number of amides is 2. The molecule has 0 spiro atoms. The van der Waals surface area contributed by atoms with Crippen LogP contribution in [0, 0.1) is 11.3 Å². The van der Waals surface area contributed by atoms with Gasteiger partial charge in [0, 0.05) is 48.1 Å². The molecular formula is C29H30N4O3. The minimum atomic E-state index is -0.355. The molecule has 36 heavy (non-hydrogen) atoms. The number of rotatable bonds is 9. The summed E-state index contributed by atoms with van der Waals surface area (Å²) >= 11 is 0. The second kappa shape index (κ2) is 11.9. The van der Waals surface area contributed by atoms with Crippen molar-refractivity contribution in [1.82, 2.24) is 5.32 Å². The van der Waals surface area contributed by atoms with Crippen molar-refractivity contribution in [3.8, 4) is 11.8 Å². The van der Waals surface area contributed by atoms with Gasteiger partial charge in [0.2, 0.25) is 5.91 Å². The third kappa shape index (κ3) is 6.63. The molecule has 1 unspecified atom stereocenters. The monoisotopic (exact) mass is 482 g/mol. The molecule has 0 radical (unpaired) electrons. The number of anilines is 2. The SMILES string of the molecule is CC(CC(=O)Nc1cccc(N2CCCC2)c1)NC(=O)c1cccc(OCc2ccccc2C#N)c1. The summed E-state index contributed by atoms with van der Waals surface area (Å²) in [6.45, 7) is 4.11. The van der Waals surface area contributed by atoms with E-state index in [0.717, 1.165) is 30.0 Å². The van der Waals surface area contributed by atoms with E-state index in [0.29, 0.717) is 16.9 Å². The van der Waals surface area contributed by atoms with E-state index >= 15 is 0 Å². The van der Waals surface area contributed by atoms with Crippen molar-refractivity contribution >= 4 is 23.2 Å². The van der Waals surface area contributed by atoms with Crippen molar-refractivity contribution in [3.05, 3.63) is 89.5 Å². The molecule has 2 N–H and O–H groups in total. The van der Waals surface area contributed by atoms with Gasteiger partial charge < -0.3 is 20.3 Å². The summed E-state index contributed by atoms with van der Waals surface area (Å²) in [4.78, 5) is 27.7.